The highest BCUT2D eigenvalue weighted by Gasteiger charge is 2.35. The zero-order chi connectivity index (χ0) is 22.5. The number of benzene rings is 2. The van der Waals surface area contributed by atoms with Crippen LogP contribution in [0.25, 0.3) is 0 Å². The van der Waals surface area contributed by atoms with Crippen LogP contribution >= 0.6 is 0 Å². The molecule has 3 rings (SSSR count). The van der Waals surface area contributed by atoms with E-state index in [4.69, 9.17) is 9.47 Å². The molecular formula is C22H23N3O6. The second-order valence-electron chi connectivity index (χ2n) is 6.86. The highest BCUT2D eigenvalue weighted by Crippen LogP contribution is 2.28. The van der Waals surface area contributed by atoms with Gasteiger partial charge in [0.2, 0.25) is 5.91 Å². The third-order valence-electron chi connectivity index (χ3n) is 4.73. The van der Waals surface area contributed by atoms with E-state index >= 15 is 0 Å². The monoisotopic (exact) mass is 425 g/mol. The van der Waals surface area contributed by atoms with E-state index in [9.17, 15) is 19.2 Å². The number of methoxy groups -OCH3 is 1. The van der Waals surface area contributed by atoms with Crippen molar-refractivity contribution in [2.24, 2.45) is 0 Å². The van der Waals surface area contributed by atoms with Crippen LogP contribution in [0.2, 0.25) is 0 Å². The molecule has 9 heteroatoms. The zero-order valence-electron chi connectivity index (χ0n) is 17.5. The topological polar surface area (TPSA) is 114 Å². The highest BCUT2D eigenvalue weighted by molar-refractivity contribution is 6.21. The summed E-state index contributed by atoms with van der Waals surface area (Å²) in [5.41, 5.74) is 6.38. The average Bonchev–Trinajstić information content (AvgIpc) is 3.00. The van der Waals surface area contributed by atoms with Crippen molar-refractivity contribution < 1.29 is 28.7 Å². The smallest absolute Gasteiger partial charge is 0.269 e. The molecule has 0 fully saturated rings. The van der Waals surface area contributed by atoms with Gasteiger partial charge in [-0.1, -0.05) is 11.6 Å². The molecule has 0 radical (unpaired) electrons. The van der Waals surface area contributed by atoms with Crippen molar-refractivity contribution in [1.82, 2.24) is 15.8 Å². The first-order chi connectivity index (χ1) is 14.8. The Morgan fingerprint density at radius 3 is 2.42 bits per heavy atom. The highest BCUT2D eigenvalue weighted by atomic mass is 16.5. The Labute approximate surface area is 179 Å². The number of aryl methyl sites for hydroxylation is 1. The molecule has 0 atom stereocenters. The Bertz CT molecular complexity index is 1050. The standard InChI is InChI=1S/C22H23N3O6/c1-4-31-17-8-6-14(12-18(17)30-3)20(27)24-23-19(26)9-10-25-21(28)15-7-5-13(2)11-16(15)22(25)29/h5-8,11-12H,4,9-10H2,1-3H3,(H,23,26)(H,24,27). The van der Waals surface area contributed by atoms with Gasteiger partial charge in [0.1, 0.15) is 0 Å². The Balaban J connectivity index is 1.53. The minimum atomic E-state index is -0.550. The first-order valence-electron chi connectivity index (χ1n) is 9.72. The third kappa shape index (κ3) is 4.66. The number of rotatable bonds is 7. The summed E-state index contributed by atoms with van der Waals surface area (Å²) in [7, 11) is 1.46. The lowest BCUT2D eigenvalue weighted by Crippen LogP contribution is -2.43. The van der Waals surface area contributed by atoms with E-state index in [1.165, 1.54) is 19.2 Å². The van der Waals surface area contributed by atoms with Crippen molar-refractivity contribution in [3.8, 4) is 11.5 Å². The number of nitrogens with zero attached hydrogens (tertiary/aromatic N) is 1. The van der Waals surface area contributed by atoms with Crippen LogP contribution in [0.1, 0.15) is 50.0 Å². The van der Waals surface area contributed by atoms with Gasteiger partial charge in [0.25, 0.3) is 17.7 Å². The van der Waals surface area contributed by atoms with Crippen molar-refractivity contribution in [3.63, 3.8) is 0 Å². The molecule has 162 valence electrons. The number of hydrogen-bond acceptors (Lipinski definition) is 6. The molecule has 0 bridgehead atoms. The summed E-state index contributed by atoms with van der Waals surface area (Å²) in [6.45, 7) is 4.02. The number of nitrogens with one attached hydrogen (secondary N) is 2. The third-order valence-corrected chi connectivity index (χ3v) is 4.73. The molecule has 0 aromatic heterocycles. The van der Waals surface area contributed by atoms with Crippen molar-refractivity contribution in [3.05, 3.63) is 58.7 Å². The van der Waals surface area contributed by atoms with Crippen molar-refractivity contribution in [1.29, 1.82) is 0 Å². The Hall–Kier alpha value is -3.88. The maximum Gasteiger partial charge on any atom is 0.269 e. The number of carbonyl (C=O) groups excluding carboxylic acids is 4. The SMILES string of the molecule is CCOc1ccc(C(=O)NNC(=O)CCN2C(=O)c3ccc(C)cc3C2=O)cc1OC. The van der Waals surface area contributed by atoms with E-state index in [-0.39, 0.29) is 18.5 Å². The summed E-state index contributed by atoms with van der Waals surface area (Å²) in [6.07, 6.45) is -0.155. The van der Waals surface area contributed by atoms with Gasteiger partial charge in [0.15, 0.2) is 11.5 Å². The predicted octanol–water partition coefficient (Wildman–Crippen LogP) is 1.85. The number of ether oxygens (including phenoxy) is 2. The van der Waals surface area contributed by atoms with E-state index in [2.05, 4.69) is 10.9 Å². The average molecular weight is 425 g/mol. The molecule has 0 aliphatic carbocycles. The molecular weight excluding hydrogens is 402 g/mol. The summed E-state index contributed by atoms with van der Waals surface area (Å²) in [6, 6.07) is 9.65. The van der Waals surface area contributed by atoms with Gasteiger partial charge in [-0.2, -0.15) is 0 Å². The van der Waals surface area contributed by atoms with Crippen LogP contribution in [-0.4, -0.2) is 48.8 Å². The fourth-order valence-corrected chi connectivity index (χ4v) is 3.17. The van der Waals surface area contributed by atoms with Crippen LogP contribution < -0.4 is 20.3 Å². The first kappa shape index (κ1) is 21.8. The van der Waals surface area contributed by atoms with Gasteiger partial charge >= 0.3 is 0 Å². The second kappa shape index (κ2) is 9.29. The largest absolute Gasteiger partial charge is 0.493 e. The van der Waals surface area contributed by atoms with Gasteiger partial charge in [0.05, 0.1) is 24.8 Å². The molecule has 0 unspecified atom stereocenters. The summed E-state index contributed by atoms with van der Waals surface area (Å²) in [4.78, 5) is 50.3. The summed E-state index contributed by atoms with van der Waals surface area (Å²) >= 11 is 0. The molecule has 2 aromatic rings. The van der Waals surface area contributed by atoms with Gasteiger partial charge in [-0.3, -0.25) is 34.9 Å². The Kier molecular flexibility index (Phi) is 6.54. The zero-order valence-corrected chi connectivity index (χ0v) is 17.5. The Morgan fingerprint density at radius 2 is 1.71 bits per heavy atom. The van der Waals surface area contributed by atoms with E-state index in [0.29, 0.717) is 29.2 Å². The molecule has 1 aliphatic rings. The summed E-state index contributed by atoms with van der Waals surface area (Å²) in [5, 5.41) is 0. The number of amides is 4. The van der Waals surface area contributed by atoms with E-state index in [1.807, 2.05) is 13.8 Å². The minimum Gasteiger partial charge on any atom is -0.493 e. The molecule has 31 heavy (non-hydrogen) atoms. The molecule has 2 N–H and O–H groups in total. The molecule has 1 aliphatic heterocycles. The van der Waals surface area contributed by atoms with Crippen LogP contribution in [0.4, 0.5) is 0 Å². The lowest BCUT2D eigenvalue weighted by Gasteiger charge is -2.14. The van der Waals surface area contributed by atoms with Gasteiger partial charge in [-0.05, 0) is 44.2 Å². The number of carbonyl (C=O) groups is 4. The molecule has 0 spiro atoms. The fraction of sp³-hybridized carbons (Fsp3) is 0.273. The van der Waals surface area contributed by atoms with Crippen LogP contribution in [0.15, 0.2) is 36.4 Å². The lowest BCUT2D eigenvalue weighted by atomic mass is 10.1. The first-order valence-corrected chi connectivity index (χ1v) is 9.72. The molecule has 1 heterocycles. The number of hydrogen-bond donors (Lipinski definition) is 2. The Morgan fingerprint density at radius 1 is 0.968 bits per heavy atom. The molecule has 4 amide bonds. The van der Waals surface area contributed by atoms with Crippen LogP contribution in [0, 0.1) is 6.92 Å². The van der Waals surface area contributed by atoms with E-state index in [1.54, 1.807) is 24.3 Å². The summed E-state index contributed by atoms with van der Waals surface area (Å²) < 4.78 is 10.6. The van der Waals surface area contributed by atoms with Gasteiger partial charge < -0.3 is 9.47 Å². The summed E-state index contributed by atoms with van der Waals surface area (Å²) in [5.74, 6) is -1.06. The van der Waals surface area contributed by atoms with Crippen molar-refractivity contribution in [2.45, 2.75) is 20.3 Å². The van der Waals surface area contributed by atoms with Crippen molar-refractivity contribution in [2.75, 3.05) is 20.3 Å². The van der Waals surface area contributed by atoms with Crippen LogP contribution in [0.3, 0.4) is 0 Å². The quantitative estimate of drug-likeness (QED) is 0.517. The minimum absolute atomic E-state index is 0.0933. The van der Waals surface area contributed by atoms with E-state index < -0.39 is 23.6 Å². The van der Waals surface area contributed by atoms with Crippen molar-refractivity contribution >= 4 is 23.6 Å². The van der Waals surface area contributed by atoms with Gasteiger partial charge in [0, 0.05) is 18.5 Å². The lowest BCUT2D eigenvalue weighted by molar-refractivity contribution is -0.121. The molecule has 2 aromatic carbocycles. The van der Waals surface area contributed by atoms with E-state index in [0.717, 1.165) is 10.5 Å². The molecule has 0 saturated carbocycles. The number of hydrazine groups is 1. The normalized spacial score (nSPS) is 12.4. The van der Waals surface area contributed by atoms with Crippen LogP contribution in [-0.2, 0) is 4.79 Å². The van der Waals surface area contributed by atoms with Crippen LogP contribution in [0.5, 0.6) is 11.5 Å². The fourth-order valence-electron chi connectivity index (χ4n) is 3.17. The second-order valence-corrected chi connectivity index (χ2v) is 6.86. The van der Waals surface area contributed by atoms with Gasteiger partial charge in [-0.25, -0.2) is 0 Å². The molecule has 9 nitrogen and oxygen atoms in total. The maximum absolute atomic E-state index is 12.4. The number of imide groups is 1. The van der Waals surface area contributed by atoms with Gasteiger partial charge in [-0.15, -0.1) is 0 Å². The predicted molar refractivity (Wildman–Crippen MR) is 111 cm³/mol. The number of fused-ring (bicyclic) bond motifs is 1. The maximum atomic E-state index is 12.4. The molecule has 0 saturated heterocycles.